The van der Waals surface area contributed by atoms with Crippen LogP contribution in [0, 0.1) is 0 Å². The van der Waals surface area contributed by atoms with Crippen LogP contribution in [-0.4, -0.2) is 56.4 Å². The van der Waals surface area contributed by atoms with Gasteiger partial charge in [-0.15, -0.1) is 0 Å². The van der Waals surface area contributed by atoms with Crippen molar-refractivity contribution < 1.29 is 13.2 Å². The minimum atomic E-state index is -3.38. The van der Waals surface area contributed by atoms with E-state index < -0.39 is 10.2 Å². The van der Waals surface area contributed by atoms with Crippen molar-refractivity contribution in [3.05, 3.63) is 35.9 Å². The lowest BCUT2D eigenvalue weighted by Crippen LogP contribution is -2.54. The molecular weight excluding hydrogens is 288 g/mol. The first-order valence-corrected chi connectivity index (χ1v) is 8.66. The minimum Gasteiger partial charge on any atom is -0.375 e. The zero-order valence-corrected chi connectivity index (χ0v) is 13.7. The molecule has 0 bridgehead atoms. The Morgan fingerprint density at radius 2 is 1.95 bits per heavy atom. The Morgan fingerprint density at radius 1 is 1.29 bits per heavy atom. The third kappa shape index (κ3) is 4.03. The van der Waals surface area contributed by atoms with Crippen LogP contribution in [-0.2, 0) is 21.4 Å². The van der Waals surface area contributed by atoms with E-state index in [4.69, 9.17) is 4.74 Å². The Labute approximate surface area is 127 Å². The van der Waals surface area contributed by atoms with Gasteiger partial charge in [0.15, 0.2) is 0 Å². The molecule has 6 heteroatoms. The highest BCUT2D eigenvalue weighted by molar-refractivity contribution is 7.86. The van der Waals surface area contributed by atoms with E-state index in [1.165, 1.54) is 9.87 Å². The van der Waals surface area contributed by atoms with Gasteiger partial charge in [-0.1, -0.05) is 30.3 Å². The number of morpholine rings is 1. The molecule has 1 aliphatic heterocycles. The lowest BCUT2D eigenvalue weighted by molar-refractivity contribution is -0.0320. The van der Waals surface area contributed by atoms with Gasteiger partial charge in [-0.05, 0) is 25.3 Å². The standard InChI is InChI=1S/C15H24N2O3S/c1-13-12-20-15(10-9-14-7-5-4-6-8-14)11-17(13)21(18,19)16(2)3/h4-8,13,15H,9-12H2,1-3H3. The second-order valence-corrected chi connectivity index (χ2v) is 7.78. The van der Waals surface area contributed by atoms with Crippen LogP contribution in [0.15, 0.2) is 30.3 Å². The fourth-order valence-electron chi connectivity index (χ4n) is 2.47. The molecule has 1 saturated heterocycles. The van der Waals surface area contributed by atoms with Crippen LogP contribution in [0.2, 0.25) is 0 Å². The predicted octanol–water partition coefficient (Wildman–Crippen LogP) is 1.51. The summed E-state index contributed by atoms with van der Waals surface area (Å²) in [6.45, 7) is 2.76. The Bertz CT molecular complexity index is 545. The zero-order valence-electron chi connectivity index (χ0n) is 12.9. The smallest absolute Gasteiger partial charge is 0.281 e. The van der Waals surface area contributed by atoms with E-state index in [-0.39, 0.29) is 12.1 Å². The molecule has 1 aromatic rings. The average molecular weight is 312 g/mol. The SMILES string of the molecule is CC1COC(CCc2ccccc2)CN1S(=O)(=O)N(C)C. The van der Waals surface area contributed by atoms with Gasteiger partial charge in [-0.25, -0.2) is 0 Å². The van der Waals surface area contributed by atoms with Crippen molar-refractivity contribution in [2.24, 2.45) is 0 Å². The normalized spacial score (nSPS) is 24.4. The molecule has 1 fully saturated rings. The Kier molecular flexibility index (Phi) is 5.37. The number of benzene rings is 1. The van der Waals surface area contributed by atoms with Crippen molar-refractivity contribution in [1.29, 1.82) is 0 Å². The number of rotatable bonds is 5. The van der Waals surface area contributed by atoms with E-state index >= 15 is 0 Å². The molecule has 2 rings (SSSR count). The van der Waals surface area contributed by atoms with E-state index in [1.807, 2.05) is 25.1 Å². The van der Waals surface area contributed by atoms with Crippen molar-refractivity contribution in [3.63, 3.8) is 0 Å². The molecule has 0 aliphatic carbocycles. The summed E-state index contributed by atoms with van der Waals surface area (Å²) in [5.41, 5.74) is 1.25. The van der Waals surface area contributed by atoms with Crippen molar-refractivity contribution in [2.75, 3.05) is 27.2 Å². The van der Waals surface area contributed by atoms with Crippen molar-refractivity contribution in [2.45, 2.75) is 31.9 Å². The van der Waals surface area contributed by atoms with Crippen LogP contribution in [0.5, 0.6) is 0 Å². The van der Waals surface area contributed by atoms with Crippen LogP contribution >= 0.6 is 0 Å². The highest BCUT2D eigenvalue weighted by atomic mass is 32.2. The fourth-order valence-corrected chi connectivity index (χ4v) is 3.76. The molecule has 0 aromatic heterocycles. The molecule has 0 spiro atoms. The van der Waals surface area contributed by atoms with E-state index in [2.05, 4.69) is 12.1 Å². The first kappa shape index (κ1) is 16.4. The first-order valence-electron chi connectivity index (χ1n) is 7.26. The molecule has 1 heterocycles. The van der Waals surface area contributed by atoms with E-state index in [1.54, 1.807) is 18.4 Å². The number of hydrogen-bond donors (Lipinski definition) is 0. The van der Waals surface area contributed by atoms with Gasteiger partial charge in [-0.2, -0.15) is 17.0 Å². The van der Waals surface area contributed by atoms with Gasteiger partial charge < -0.3 is 4.74 Å². The largest absolute Gasteiger partial charge is 0.375 e. The van der Waals surface area contributed by atoms with Crippen LogP contribution in [0.4, 0.5) is 0 Å². The van der Waals surface area contributed by atoms with Crippen LogP contribution in [0.3, 0.4) is 0 Å². The van der Waals surface area contributed by atoms with E-state index in [9.17, 15) is 8.42 Å². The number of nitrogens with zero attached hydrogens (tertiary/aromatic N) is 2. The lowest BCUT2D eigenvalue weighted by Gasteiger charge is -2.38. The summed E-state index contributed by atoms with van der Waals surface area (Å²) in [7, 11) is -0.246. The monoisotopic (exact) mass is 312 g/mol. The molecule has 2 atom stereocenters. The summed E-state index contributed by atoms with van der Waals surface area (Å²) in [5.74, 6) is 0. The Hall–Kier alpha value is -0.950. The second-order valence-electron chi connectivity index (χ2n) is 5.69. The van der Waals surface area contributed by atoms with Crippen LogP contribution in [0.1, 0.15) is 18.9 Å². The molecule has 1 aromatic carbocycles. The van der Waals surface area contributed by atoms with Gasteiger partial charge in [0.1, 0.15) is 0 Å². The summed E-state index contributed by atoms with van der Waals surface area (Å²) in [5, 5.41) is 0. The maximum absolute atomic E-state index is 12.3. The van der Waals surface area contributed by atoms with Gasteiger partial charge in [0.05, 0.1) is 12.7 Å². The van der Waals surface area contributed by atoms with Gasteiger partial charge in [0, 0.05) is 26.7 Å². The summed E-state index contributed by atoms with van der Waals surface area (Å²) in [6.07, 6.45) is 1.68. The molecule has 118 valence electrons. The van der Waals surface area contributed by atoms with Crippen molar-refractivity contribution >= 4 is 10.2 Å². The van der Waals surface area contributed by atoms with E-state index in [0.717, 1.165) is 12.8 Å². The van der Waals surface area contributed by atoms with Crippen LogP contribution < -0.4 is 0 Å². The van der Waals surface area contributed by atoms with Crippen LogP contribution in [0.25, 0.3) is 0 Å². The summed E-state index contributed by atoms with van der Waals surface area (Å²) >= 11 is 0. The maximum Gasteiger partial charge on any atom is 0.281 e. The number of ether oxygens (including phenoxy) is 1. The predicted molar refractivity (Wildman–Crippen MR) is 83.3 cm³/mol. The van der Waals surface area contributed by atoms with Crippen molar-refractivity contribution in [1.82, 2.24) is 8.61 Å². The maximum atomic E-state index is 12.3. The van der Waals surface area contributed by atoms with E-state index in [0.29, 0.717) is 13.2 Å². The fraction of sp³-hybridized carbons (Fsp3) is 0.600. The Balaban J connectivity index is 1.98. The van der Waals surface area contributed by atoms with Gasteiger partial charge in [0.25, 0.3) is 10.2 Å². The molecular formula is C15H24N2O3S. The third-order valence-electron chi connectivity index (χ3n) is 3.80. The average Bonchev–Trinajstić information content (AvgIpc) is 2.47. The highest BCUT2D eigenvalue weighted by Crippen LogP contribution is 2.20. The molecule has 5 nitrogen and oxygen atoms in total. The molecule has 2 unspecified atom stereocenters. The van der Waals surface area contributed by atoms with Gasteiger partial charge in [0.2, 0.25) is 0 Å². The molecule has 1 aliphatic rings. The number of aryl methyl sites for hydroxylation is 1. The molecule has 0 N–H and O–H groups in total. The highest BCUT2D eigenvalue weighted by Gasteiger charge is 2.35. The molecule has 0 radical (unpaired) electrons. The summed E-state index contributed by atoms with van der Waals surface area (Å²) in [4.78, 5) is 0. The quantitative estimate of drug-likeness (QED) is 0.828. The molecule has 0 amide bonds. The second kappa shape index (κ2) is 6.87. The van der Waals surface area contributed by atoms with Gasteiger partial charge >= 0.3 is 0 Å². The first-order chi connectivity index (χ1) is 9.91. The number of hydrogen-bond acceptors (Lipinski definition) is 3. The zero-order chi connectivity index (χ0) is 15.5. The van der Waals surface area contributed by atoms with Crippen molar-refractivity contribution in [3.8, 4) is 0 Å². The lowest BCUT2D eigenvalue weighted by atomic mass is 10.1. The third-order valence-corrected chi connectivity index (χ3v) is 5.83. The Morgan fingerprint density at radius 3 is 2.57 bits per heavy atom. The minimum absolute atomic E-state index is 0.0452. The molecule has 0 saturated carbocycles. The summed E-state index contributed by atoms with van der Waals surface area (Å²) in [6, 6.07) is 10.1. The van der Waals surface area contributed by atoms with Gasteiger partial charge in [-0.3, -0.25) is 0 Å². The topological polar surface area (TPSA) is 49.9 Å². The summed E-state index contributed by atoms with van der Waals surface area (Å²) < 4.78 is 33.2. The molecule has 21 heavy (non-hydrogen) atoms.